The second-order valence-electron chi connectivity index (χ2n) is 4.52. The lowest BCUT2D eigenvalue weighted by Crippen LogP contribution is -2.45. The first kappa shape index (κ1) is 14.4. The van der Waals surface area contributed by atoms with Crippen molar-refractivity contribution in [3.63, 3.8) is 0 Å². The molecular formula is C12H24N2O3. The van der Waals surface area contributed by atoms with Crippen LogP contribution in [0.5, 0.6) is 0 Å². The van der Waals surface area contributed by atoms with E-state index >= 15 is 0 Å². The molecule has 1 aliphatic rings. The minimum absolute atomic E-state index is 0.0899. The Balaban J connectivity index is 2.45. The first-order chi connectivity index (χ1) is 8.19. The Bertz CT molecular complexity index is 228. The van der Waals surface area contributed by atoms with Crippen LogP contribution in [-0.4, -0.2) is 61.4 Å². The number of nitrogens with zero attached hydrogens (tertiary/aromatic N) is 1. The molecule has 1 fully saturated rings. The van der Waals surface area contributed by atoms with E-state index in [1.165, 1.54) is 0 Å². The van der Waals surface area contributed by atoms with E-state index in [-0.39, 0.29) is 18.1 Å². The molecule has 0 aromatic rings. The maximum absolute atomic E-state index is 12.2. The molecule has 0 aromatic carbocycles. The lowest BCUT2D eigenvalue weighted by atomic mass is 10.1. The van der Waals surface area contributed by atoms with Crippen molar-refractivity contribution in [3.05, 3.63) is 0 Å². The molecule has 1 heterocycles. The van der Waals surface area contributed by atoms with Crippen molar-refractivity contribution in [1.82, 2.24) is 10.2 Å². The molecule has 0 saturated carbocycles. The predicted molar refractivity (Wildman–Crippen MR) is 65.8 cm³/mol. The second-order valence-corrected chi connectivity index (χ2v) is 4.52. The van der Waals surface area contributed by atoms with Gasteiger partial charge >= 0.3 is 0 Å². The fraction of sp³-hybridized carbons (Fsp3) is 0.917. The quantitative estimate of drug-likeness (QED) is 0.661. The predicted octanol–water partition coefficient (Wildman–Crippen LogP) is -0.0157. The van der Waals surface area contributed by atoms with Crippen LogP contribution in [0.15, 0.2) is 0 Å². The zero-order valence-corrected chi connectivity index (χ0v) is 10.8. The van der Waals surface area contributed by atoms with Gasteiger partial charge in [0.15, 0.2) is 0 Å². The summed E-state index contributed by atoms with van der Waals surface area (Å²) < 4.78 is 5.02. The van der Waals surface area contributed by atoms with E-state index in [0.717, 1.165) is 19.4 Å². The van der Waals surface area contributed by atoms with Crippen LogP contribution in [0, 0.1) is 0 Å². The number of hydrogen-bond acceptors (Lipinski definition) is 4. The molecule has 0 spiro atoms. The standard InChI is InChI=1S/C12H24N2O3/c1-3-4-5-14(6-7-17-2)12(16)11-8-10(15)9-13-11/h10-11,13,15H,3-9H2,1-2H3. The van der Waals surface area contributed by atoms with Crippen molar-refractivity contribution in [2.45, 2.75) is 38.3 Å². The second kappa shape index (κ2) is 7.63. The van der Waals surface area contributed by atoms with E-state index < -0.39 is 0 Å². The third-order valence-electron chi connectivity index (χ3n) is 3.06. The minimum atomic E-state index is -0.389. The molecule has 0 aliphatic carbocycles. The van der Waals surface area contributed by atoms with Gasteiger partial charge in [-0.2, -0.15) is 0 Å². The molecule has 1 saturated heterocycles. The highest BCUT2D eigenvalue weighted by Crippen LogP contribution is 2.10. The number of carbonyl (C=O) groups is 1. The molecule has 0 aromatic heterocycles. The number of aliphatic hydroxyl groups excluding tert-OH is 1. The molecule has 0 radical (unpaired) electrons. The third kappa shape index (κ3) is 4.61. The van der Waals surface area contributed by atoms with E-state index in [9.17, 15) is 9.90 Å². The lowest BCUT2D eigenvalue weighted by molar-refractivity contribution is -0.134. The first-order valence-electron chi connectivity index (χ1n) is 6.38. The monoisotopic (exact) mass is 244 g/mol. The van der Waals surface area contributed by atoms with Crippen LogP contribution in [-0.2, 0) is 9.53 Å². The third-order valence-corrected chi connectivity index (χ3v) is 3.06. The largest absolute Gasteiger partial charge is 0.392 e. The summed E-state index contributed by atoms with van der Waals surface area (Å²) in [6.07, 6.45) is 2.20. The zero-order valence-electron chi connectivity index (χ0n) is 10.8. The Hall–Kier alpha value is -0.650. The molecular weight excluding hydrogens is 220 g/mol. The zero-order chi connectivity index (χ0) is 12.7. The Kier molecular flexibility index (Phi) is 6.47. The summed E-state index contributed by atoms with van der Waals surface area (Å²) in [5.41, 5.74) is 0. The van der Waals surface area contributed by atoms with Crippen LogP contribution in [0.4, 0.5) is 0 Å². The van der Waals surface area contributed by atoms with Crippen LogP contribution < -0.4 is 5.32 Å². The van der Waals surface area contributed by atoms with E-state index in [1.807, 2.05) is 4.90 Å². The molecule has 17 heavy (non-hydrogen) atoms. The van der Waals surface area contributed by atoms with Gasteiger partial charge in [-0.15, -0.1) is 0 Å². The van der Waals surface area contributed by atoms with Gasteiger partial charge in [0.2, 0.25) is 5.91 Å². The average molecular weight is 244 g/mol. The van der Waals surface area contributed by atoms with Crippen LogP contribution in [0.3, 0.4) is 0 Å². The van der Waals surface area contributed by atoms with Gasteiger partial charge in [0.05, 0.1) is 18.8 Å². The van der Waals surface area contributed by atoms with Crippen LogP contribution >= 0.6 is 0 Å². The Labute approximate surface area is 103 Å². The summed E-state index contributed by atoms with van der Waals surface area (Å²) in [5, 5.41) is 12.5. The summed E-state index contributed by atoms with van der Waals surface area (Å²) in [6.45, 7) is 4.58. The summed E-state index contributed by atoms with van der Waals surface area (Å²) in [4.78, 5) is 14.0. The van der Waals surface area contributed by atoms with Gasteiger partial charge in [-0.25, -0.2) is 0 Å². The van der Waals surface area contributed by atoms with Crippen molar-refractivity contribution in [1.29, 1.82) is 0 Å². The number of β-amino-alcohol motifs (C(OH)–C–C–N with tert-alkyl or cyclic N) is 1. The number of amides is 1. The number of aliphatic hydroxyl groups is 1. The number of unbranched alkanes of at least 4 members (excludes halogenated alkanes) is 1. The molecule has 2 unspecified atom stereocenters. The van der Waals surface area contributed by atoms with Crippen molar-refractivity contribution in [2.24, 2.45) is 0 Å². The van der Waals surface area contributed by atoms with Crippen molar-refractivity contribution in [3.8, 4) is 0 Å². The number of carbonyl (C=O) groups excluding carboxylic acids is 1. The molecule has 0 bridgehead atoms. The Morgan fingerprint density at radius 1 is 1.53 bits per heavy atom. The molecule has 5 nitrogen and oxygen atoms in total. The Morgan fingerprint density at radius 2 is 2.29 bits per heavy atom. The molecule has 1 rings (SSSR count). The van der Waals surface area contributed by atoms with Crippen LogP contribution in [0.25, 0.3) is 0 Å². The minimum Gasteiger partial charge on any atom is -0.392 e. The Morgan fingerprint density at radius 3 is 2.82 bits per heavy atom. The topological polar surface area (TPSA) is 61.8 Å². The number of ether oxygens (including phenoxy) is 1. The highest BCUT2D eigenvalue weighted by Gasteiger charge is 2.30. The summed E-state index contributed by atoms with van der Waals surface area (Å²) >= 11 is 0. The summed E-state index contributed by atoms with van der Waals surface area (Å²) in [6, 6.07) is -0.223. The summed E-state index contributed by atoms with van der Waals surface area (Å²) in [7, 11) is 1.64. The smallest absolute Gasteiger partial charge is 0.239 e. The highest BCUT2D eigenvalue weighted by molar-refractivity contribution is 5.82. The van der Waals surface area contributed by atoms with Crippen molar-refractivity contribution in [2.75, 3.05) is 33.4 Å². The number of methoxy groups -OCH3 is 1. The molecule has 2 N–H and O–H groups in total. The van der Waals surface area contributed by atoms with Gasteiger partial charge in [-0.1, -0.05) is 13.3 Å². The molecule has 2 atom stereocenters. The maximum Gasteiger partial charge on any atom is 0.239 e. The van der Waals surface area contributed by atoms with Gasteiger partial charge in [0, 0.05) is 26.7 Å². The SMILES string of the molecule is CCCCN(CCOC)C(=O)C1CC(O)CN1. The number of rotatable bonds is 7. The summed E-state index contributed by atoms with van der Waals surface area (Å²) in [5.74, 6) is 0.0899. The molecule has 1 aliphatic heterocycles. The van der Waals surface area contributed by atoms with E-state index in [1.54, 1.807) is 7.11 Å². The van der Waals surface area contributed by atoms with Crippen molar-refractivity contribution < 1.29 is 14.6 Å². The van der Waals surface area contributed by atoms with E-state index in [0.29, 0.717) is 26.1 Å². The average Bonchev–Trinajstić information content (AvgIpc) is 2.75. The van der Waals surface area contributed by atoms with Gasteiger partial charge in [-0.05, 0) is 12.8 Å². The van der Waals surface area contributed by atoms with Gasteiger partial charge in [0.25, 0.3) is 0 Å². The molecule has 100 valence electrons. The normalized spacial score (nSPS) is 23.9. The molecule has 1 amide bonds. The highest BCUT2D eigenvalue weighted by atomic mass is 16.5. The van der Waals surface area contributed by atoms with Crippen LogP contribution in [0.1, 0.15) is 26.2 Å². The fourth-order valence-electron chi connectivity index (χ4n) is 2.01. The number of nitrogens with one attached hydrogen (secondary N) is 1. The van der Waals surface area contributed by atoms with Gasteiger partial charge in [-0.3, -0.25) is 4.79 Å². The lowest BCUT2D eigenvalue weighted by Gasteiger charge is -2.25. The van der Waals surface area contributed by atoms with Gasteiger partial charge in [0.1, 0.15) is 0 Å². The van der Waals surface area contributed by atoms with Crippen LogP contribution in [0.2, 0.25) is 0 Å². The number of hydrogen-bond donors (Lipinski definition) is 2. The van der Waals surface area contributed by atoms with E-state index in [4.69, 9.17) is 4.74 Å². The van der Waals surface area contributed by atoms with Gasteiger partial charge < -0.3 is 20.1 Å². The molecule has 5 heteroatoms. The van der Waals surface area contributed by atoms with E-state index in [2.05, 4.69) is 12.2 Å². The fourth-order valence-corrected chi connectivity index (χ4v) is 2.01. The maximum atomic E-state index is 12.2. The first-order valence-corrected chi connectivity index (χ1v) is 6.38. The van der Waals surface area contributed by atoms with Crippen molar-refractivity contribution >= 4 is 5.91 Å².